The van der Waals surface area contributed by atoms with E-state index in [0.717, 1.165) is 11.1 Å². The lowest BCUT2D eigenvalue weighted by Gasteiger charge is -2.35. The number of aliphatic hydroxyl groups excluding tert-OH is 9. The molecular weight excluding hydrogens is 476 g/mol. The summed E-state index contributed by atoms with van der Waals surface area (Å²) in [6.07, 6.45) is -11.3. The second-order valence-electron chi connectivity index (χ2n) is 9.44. The Balaban J connectivity index is 1.82. The second-order valence-corrected chi connectivity index (χ2v) is 9.44. The summed E-state index contributed by atoms with van der Waals surface area (Å²) in [5, 5.41) is 87.4. The highest BCUT2D eigenvalue weighted by atomic mass is 16.5. The molecule has 0 saturated heterocycles. The van der Waals surface area contributed by atoms with Crippen molar-refractivity contribution in [1.82, 2.24) is 0 Å². The number of rotatable bonds is 11. The number of hydrogen-bond donors (Lipinski definition) is 9. The fourth-order valence-corrected chi connectivity index (χ4v) is 4.14. The van der Waals surface area contributed by atoms with Gasteiger partial charge >= 0.3 is 0 Å². The summed E-state index contributed by atoms with van der Waals surface area (Å²) in [7, 11) is 0. The summed E-state index contributed by atoms with van der Waals surface area (Å²) >= 11 is 0. The minimum absolute atomic E-state index is 0.219. The lowest BCUT2D eigenvalue weighted by molar-refractivity contribution is -0.116. The third-order valence-electron chi connectivity index (χ3n) is 6.52. The number of fused-ring (bicyclic) bond motifs is 2. The topological polar surface area (TPSA) is 201 Å². The largest absolute Gasteiger partial charge is 0.491 e. The van der Waals surface area contributed by atoms with E-state index >= 15 is 0 Å². The summed E-state index contributed by atoms with van der Waals surface area (Å²) in [6.45, 7) is 2.08. The molecule has 9 N–H and O–H groups in total. The molecule has 0 aromatic heterocycles. The van der Waals surface area contributed by atoms with E-state index in [4.69, 9.17) is 19.7 Å². The average Bonchev–Trinajstić information content (AvgIpc) is 2.88. The highest BCUT2D eigenvalue weighted by Gasteiger charge is 2.36. The molecule has 11 heteroatoms. The molecule has 7 atom stereocenters. The number of aliphatic hydroxyl groups is 9. The van der Waals surface area contributed by atoms with Crippen LogP contribution in [0.2, 0.25) is 0 Å². The standard InChI is InChI=1S/C25H34O11/c1-25(2)14-5-3-12(21(31)24(34)23(33)17(29)10-27)7-19(14)36-20-8-13(4-6-15(20)25)35-11-18(30)22(32)16(28)9-26/h3-8,16-18,21-24,26-34H,9-11H2,1-2H3/t16-,17-,18-,21?,22-,23-,24-/m1/s1. The highest BCUT2D eigenvalue weighted by Crippen LogP contribution is 2.49. The highest BCUT2D eigenvalue weighted by molar-refractivity contribution is 5.59. The quantitative estimate of drug-likeness (QED) is 0.174. The van der Waals surface area contributed by atoms with E-state index < -0.39 is 61.4 Å². The van der Waals surface area contributed by atoms with Gasteiger partial charge in [-0.3, -0.25) is 0 Å². The van der Waals surface area contributed by atoms with Crippen molar-refractivity contribution in [3.8, 4) is 17.2 Å². The molecule has 1 aliphatic rings. The van der Waals surface area contributed by atoms with Gasteiger partial charge in [-0.05, 0) is 17.7 Å². The van der Waals surface area contributed by atoms with Crippen LogP contribution in [0.5, 0.6) is 17.2 Å². The molecule has 0 radical (unpaired) electrons. The van der Waals surface area contributed by atoms with Gasteiger partial charge < -0.3 is 55.4 Å². The number of benzene rings is 2. The molecule has 0 aliphatic carbocycles. The Morgan fingerprint density at radius 2 is 1.28 bits per heavy atom. The normalized spacial score (nSPS) is 20.1. The predicted octanol–water partition coefficient (Wildman–Crippen LogP) is -1.32. The van der Waals surface area contributed by atoms with Crippen LogP contribution in [0.15, 0.2) is 36.4 Å². The molecule has 0 saturated carbocycles. The van der Waals surface area contributed by atoms with Crippen molar-refractivity contribution in [1.29, 1.82) is 0 Å². The van der Waals surface area contributed by atoms with Crippen LogP contribution in [-0.4, -0.2) is 102 Å². The molecule has 2 aromatic rings. The second kappa shape index (κ2) is 11.4. The molecule has 0 spiro atoms. The molecule has 36 heavy (non-hydrogen) atoms. The van der Waals surface area contributed by atoms with Crippen molar-refractivity contribution in [2.24, 2.45) is 0 Å². The van der Waals surface area contributed by atoms with E-state index in [1.54, 1.807) is 30.3 Å². The fourth-order valence-electron chi connectivity index (χ4n) is 4.14. The molecule has 3 rings (SSSR count). The minimum atomic E-state index is -1.77. The van der Waals surface area contributed by atoms with Crippen LogP contribution in [-0.2, 0) is 5.41 Å². The van der Waals surface area contributed by atoms with E-state index in [0.29, 0.717) is 17.2 Å². The fraction of sp³-hybridized carbons (Fsp3) is 0.520. The minimum Gasteiger partial charge on any atom is -0.491 e. The molecule has 1 aliphatic heterocycles. The first-order chi connectivity index (χ1) is 16.9. The Bertz CT molecular complexity index is 1030. The van der Waals surface area contributed by atoms with Crippen molar-refractivity contribution >= 4 is 0 Å². The summed E-state index contributed by atoms with van der Waals surface area (Å²) in [6, 6.07) is 9.85. The number of hydrogen-bond acceptors (Lipinski definition) is 11. The van der Waals surface area contributed by atoms with Gasteiger partial charge in [0.15, 0.2) is 0 Å². The Kier molecular flexibility index (Phi) is 8.93. The van der Waals surface area contributed by atoms with Crippen molar-refractivity contribution in [2.45, 2.75) is 62.0 Å². The SMILES string of the molecule is CC1(C)c2ccc(OC[C@@H](O)[C@H](O)[C@H](O)CO)cc2Oc2cc(C(O)[C@@H](O)[C@H](O)[C@H](O)CO)ccc21. The monoisotopic (exact) mass is 510 g/mol. The van der Waals surface area contributed by atoms with Crippen LogP contribution in [0.4, 0.5) is 0 Å². The van der Waals surface area contributed by atoms with Gasteiger partial charge in [-0.15, -0.1) is 0 Å². The smallest absolute Gasteiger partial charge is 0.135 e. The van der Waals surface area contributed by atoms with E-state index in [1.165, 1.54) is 6.07 Å². The first-order valence-electron chi connectivity index (χ1n) is 11.5. The summed E-state index contributed by atoms with van der Waals surface area (Å²) < 4.78 is 11.6. The maximum Gasteiger partial charge on any atom is 0.135 e. The Morgan fingerprint density at radius 1 is 0.722 bits per heavy atom. The molecule has 0 amide bonds. The number of ether oxygens (including phenoxy) is 2. The van der Waals surface area contributed by atoms with Gasteiger partial charge in [0.2, 0.25) is 0 Å². The molecule has 0 bridgehead atoms. The molecule has 2 aromatic carbocycles. The van der Waals surface area contributed by atoms with Crippen molar-refractivity contribution < 1.29 is 55.4 Å². The van der Waals surface area contributed by atoms with E-state index in [1.807, 2.05) is 13.8 Å². The van der Waals surface area contributed by atoms with Crippen LogP contribution in [0.25, 0.3) is 0 Å². The zero-order valence-electron chi connectivity index (χ0n) is 20.0. The Labute approximate surface area is 208 Å². The third-order valence-corrected chi connectivity index (χ3v) is 6.52. The molecule has 0 fully saturated rings. The van der Waals surface area contributed by atoms with Gasteiger partial charge in [0, 0.05) is 22.6 Å². The van der Waals surface area contributed by atoms with Crippen LogP contribution in [0.1, 0.15) is 36.6 Å². The zero-order chi connectivity index (χ0) is 26.8. The van der Waals surface area contributed by atoms with Gasteiger partial charge in [-0.2, -0.15) is 0 Å². The molecule has 200 valence electrons. The van der Waals surface area contributed by atoms with Gasteiger partial charge in [-0.1, -0.05) is 32.0 Å². The van der Waals surface area contributed by atoms with Crippen LogP contribution in [0.3, 0.4) is 0 Å². The van der Waals surface area contributed by atoms with Crippen molar-refractivity contribution in [3.63, 3.8) is 0 Å². The summed E-state index contributed by atoms with van der Waals surface area (Å²) in [5.41, 5.74) is 1.31. The van der Waals surface area contributed by atoms with E-state index in [-0.39, 0.29) is 12.2 Å². The van der Waals surface area contributed by atoms with Gasteiger partial charge in [0.25, 0.3) is 0 Å². The zero-order valence-corrected chi connectivity index (χ0v) is 20.0. The summed E-state index contributed by atoms with van der Waals surface area (Å²) in [5.74, 6) is 1.12. The lowest BCUT2D eigenvalue weighted by atomic mass is 9.75. The summed E-state index contributed by atoms with van der Waals surface area (Å²) in [4.78, 5) is 0. The van der Waals surface area contributed by atoms with E-state index in [9.17, 15) is 35.7 Å². The van der Waals surface area contributed by atoms with Gasteiger partial charge in [0.1, 0.15) is 66.6 Å². The average molecular weight is 511 g/mol. The van der Waals surface area contributed by atoms with Crippen LogP contribution >= 0.6 is 0 Å². The maximum atomic E-state index is 10.5. The Hall–Kier alpha value is -2.32. The van der Waals surface area contributed by atoms with Gasteiger partial charge in [-0.25, -0.2) is 0 Å². The van der Waals surface area contributed by atoms with Crippen LogP contribution < -0.4 is 9.47 Å². The van der Waals surface area contributed by atoms with Crippen molar-refractivity contribution in [2.75, 3.05) is 19.8 Å². The van der Waals surface area contributed by atoms with Gasteiger partial charge in [0.05, 0.1) is 13.2 Å². The van der Waals surface area contributed by atoms with Crippen molar-refractivity contribution in [3.05, 3.63) is 53.1 Å². The molecule has 1 unspecified atom stereocenters. The maximum absolute atomic E-state index is 10.5. The lowest BCUT2D eigenvalue weighted by Crippen LogP contribution is -2.42. The van der Waals surface area contributed by atoms with Crippen LogP contribution in [0, 0.1) is 0 Å². The van der Waals surface area contributed by atoms with E-state index in [2.05, 4.69) is 0 Å². The molecule has 1 heterocycles. The predicted molar refractivity (Wildman–Crippen MR) is 126 cm³/mol. The Morgan fingerprint density at radius 3 is 1.89 bits per heavy atom. The third kappa shape index (κ3) is 5.65. The first-order valence-corrected chi connectivity index (χ1v) is 11.5. The molecular formula is C25H34O11. The first kappa shape index (κ1) is 28.3. The molecule has 11 nitrogen and oxygen atoms in total.